The summed E-state index contributed by atoms with van der Waals surface area (Å²) >= 11 is 0. The molecule has 1 saturated heterocycles. The normalized spacial score (nSPS) is 16.6. The van der Waals surface area contributed by atoms with E-state index in [0.29, 0.717) is 23.7 Å². The number of ketones is 1. The third-order valence-electron chi connectivity index (χ3n) is 6.32. The van der Waals surface area contributed by atoms with Crippen LogP contribution in [0.25, 0.3) is 5.76 Å². The van der Waals surface area contributed by atoms with Crippen LogP contribution < -0.4 is 9.47 Å². The molecule has 7 nitrogen and oxygen atoms in total. The number of hydrogen-bond donors (Lipinski definition) is 1. The van der Waals surface area contributed by atoms with Crippen molar-refractivity contribution in [2.24, 2.45) is 0 Å². The molecule has 0 saturated carbocycles. The Morgan fingerprint density at radius 2 is 1.76 bits per heavy atom. The molecule has 8 heteroatoms. The lowest BCUT2D eigenvalue weighted by molar-refractivity contribution is -0.140. The van der Waals surface area contributed by atoms with Crippen molar-refractivity contribution in [2.45, 2.75) is 19.2 Å². The Labute approximate surface area is 218 Å². The van der Waals surface area contributed by atoms with E-state index in [-0.39, 0.29) is 23.4 Å². The van der Waals surface area contributed by atoms with Crippen LogP contribution in [0.4, 0.5) is 4.39 Å². The molecule has 0 unspecified atom stereocenters. The lowest BCUT2D eigenvalue weighted by atomic mass is 9.95. The first-order chi connectivity index (χ1) is 18.5. The average molecular weight is 514 g/mol. The minimum atomic E-state index is -0.937. The zero-order chi connectivity index (χ0) is 26.6. The number of benzene rings is 3. The summed E-state index contributed by atoms with van der Waals surface area (Å²) < 4.78 is 30.6. The van der Waals surface area contributed by atoms with Crippen LogP contribution in [-0.2, 0) is 22.7 Å². The van der Waals surface area contributed by atoms with Gasteiger partial charge in [-0.1, -0.05) is 42.5 Å². The Morgan fingerprint density at radius 1 is 1.00 bits per heavy atom. The average Bonchev–Trinajstić information content (AvgIpc) is 3.55. The molecule has 1 amide bonds. The van der Waals surface area contributed by atoms with Gasteiger partial charge in [-0.3, -0.25) is 9.59 Å². The summed E-state index contributed by atoms with van der Waals surface area (Å²) in [6.45, 7) is 0.377. The zero-order valence-electron chi connectivity index (χ0n) is 20.5. The second-order valence-electron chi connectivity index (χ2n) is 8.70. The Bertz CT molecular complexity index is 1480. The lowest BCUT2D eigenvalue weighted by Crippen LogP contribution is -2.29. The minimum absolute atomic E-state index is 0.00223. The fourth-order valence-corrected chi connectivity index (χ4v) is 4.42. The van der Waals surface area contributed by atoms with Crippen LogP contribution in [0.5, 0.6) is 11.5 Å². The van der Waals surface area contributed by atoms with Gasteiger partial charge in [0.05, 0.1) is 31.5 Å². The highest BCUT2D eigenvalue weighted by molar-refractivity contribution is 6.46. The van der Waals surface area contributed by atoms with Gasteiger partial charge in [0, 0.05) is 5.56 Å². The van der Waals surface area contributed by atoms with Gasteiger partial charge in [0.1, 0.15) is 23.9 Å². The smallest absolute Gasteiger partial charge is 0.296 e. The number of ether oxygens (including phenoxy) is 2. The van der Waals surface area contributed by atoms with Crippen LogP contribution in [0.15, 0.2) is 101 Å². The number of nitrogens with zero attached hydrogens (tertiary/aromatic N) is 1. The summed E-state index contributed by atoms with van der Waals surface area (Å²) in [7, 11) is 1.32. The maximum Gasteiger partial charge on any atom is 0.296 e. The van der Waals surface area contributed by atoms with E-state index in [4.69, 9.17) is 13.9 Å². The number of furan rings is 1. The van der Waals surface area contributed by atoms with Gasteiger partial charge in [-0.15, -0.1) is 0 Å². The molecule has 192 valence electrons. The van der Waals surface area contributed by atoms with Crippen LogP contribution in [-0.4, -0.2) is 28.8 Å². The van der Waals surface area contributed by atoms with E-state index in [9.17, 15) is 19.1 Å². The Morgan fingerprint density at radius 3 is 2.42 bits per heavy atom. The third kappa shape index (κ3) is 4.88. The molecule has 0 spiro atoms. The summed E-state index contributed by atoms with van der Waals surface area (Å²) in [5.41, 5.74) is 1.48. The quantitative estimate of drug-likeness (QED) is 0.187. The van der Waals surface area contributed by atoms with Crippen LogP contribution in [0.2, 0.25) is 0 Å². The predicted molar refractivity (Wildman–Crippen MR) is 137 cm³/mol. The fourth-order valence-electron chi connectivity index (χ4n) is 4.42. The molecule has 1 aliphatic heterocycles. The highest BCUT2D eigenvalue weighted by Crippen LogP contribution is 2.41. The summed E-state index contributed by atoms with van der Waals surface area (Å²) in [6, 6.07) is 22.9. The van der Waals surface area contributed by atoms with Gasteiger partial charge < -0.3 is 23.9 Å². The van der Waals surface area contributed by atoms with Gasteiger partial charge in [0.25, 0.3) is 11.7 Å². The van der Waals surface area contributed by atoms with Crippen LogP contribution >= 0.6 is 0 Å². The van der Waals surface area contributed by atoms with Gasteiger partial charge in [0.2, 0.25) is 0 Å². The Hall–Kier alpha value is -4.85. The van der Waals surface area contributed by atoms with Crippen LogP contribution in [0.1, 0.15) is 28.5 Å². The second-order valence-corrected chi connectivity index (χ2v) is 8.70. The van der Waals surface area contributed by atoms with Gasteiger partial charge in [-0.05, 0) is 53.6 Å². The summed E-state index contributed by atoms with van der Waals surface area (Å²) in [6.07, 6.45) is 1.47. The lowest BCUT2D eigenvalue weighted by Gasteiger charge is -2.24. The van der Waals surface area contributed by atoms with Gasteiger partial charge in [-0.25, -0.2) is 4.39 Å². The van der Waals surface area contributed by atoms with Crippen molar-refractivity contribution in [3.05, 3.63) is 125 Å². The van der Waals surface area contributed by atoms with Crippen molar-refractivity contribution < 1.29 is 33.0 Å². The monoisotopic (exact) mass is 513 g/mol. The molecular weight excluding hydrogens is 489 g/mol. The van der Waals surface area contributed by atoms with Gasteiger partial charge in [0.15, 0.2) is 11.6 Å². The first-order valence-corrected chi connectivity index (χ1v) is 11.9. The van der Waals surface area contributed by atoms with E-state index >= 15 is 0 Å². The first kappa shape index (κ1) is 24.8. The van der Waals surface area contributed by atoms with Crippen molar-refractivity contribution in [1.82, 2.24) is 4.90 Å². The largest absolute Gasteiger partial charge is 0.507 e. The Kier molecular flexibility index (Phi) is 6.95. The summed E-state index contributed by atoms with van der Waals surface area (Å²) in [5, 5.41) is 11.2. The highest BCUT2D eigenvalue weighted by Gasteiger charge is 2.46. The van der Waals surface area contributed by atoms with Crippen LogP contribution in [0, 0.1) is 5.82 Å². The number of Topliss-reactive ketones (excluding diaryl/α,β-unsaturated/α-hetero) is 1. The molecule has 0 aliphatic carbocycles. The van der Waals surface area contributed by atoms with E-state index in [1.807, 2.05) is 30.3 Å². The second kappa shape index (κ2) is 10.6. The summed E-state index contributed by atoms with van der Waals surface area (Å²) in [5.74, 6) is -1.82. The Balaban J connectivity index is 1.52. The molecule has 5 rings (SSSR count). The van der Waals surface area contributed by atoms with Gasteiger partial charge in [-0.2, -0.15) is 0 Å². The predicted octanol–water partition coefficient (Wildman–Crippen LogP) is 5.63. The number of aliphatic hydroxyl groups excluding tert-OH is 1. The fraction of sp³-hybridized carbons (Fsp3) is 0.133. The number of aliphatic hydroxyl groups is 1. The number of hydrogen-bond acceptors (Lipinski definition) is 6. The van der Waals surface area contributed by atoms with Crippen molar-refractivity contribution in [1.29, 1.82) is 0 Å². The number of carbonyl (C=O) groups is 2. The number of amides is 1. The molecule has 1 N–H and O–H groups in total. The number of halogens is 1. The van der Waals surface area contributed by atoms with E-state index in [1.165, 1.54) is 30.4 Å². The minimum Gasteiger partial charge on any atom is -0.507 e. The SMILES string of the molecule is COc1ccc(C(O)=C2C(=O)C(=O)N(Cc3ccco3)[C@H]2c2ccc(OCc3ccccc3)cc2)cc1F. The maximum absolute atomic E-state index is 14.4. The molecule has 1 atom stereocenters. The number of carbonyl (C=O) groups excluding carboxylic acids is 2. The molecule has 0 radical (unpaired) electrons. The molecule has 0 bridgehead atoms. The number of rotatable bonds is 8. The standard InChI is InChI=1S/C30H24FNO6/c1-36-25-14-11-21(16-24(25)31)28(33)26-27(32(30(35)29(26)34)17-23-8-5-15-37-23)20-9-12-22(13-10-20)38-18-19-6-3-2-4-7-19/h2-16,27,33H,17-18H2,1H3/t27-/m0/s1. The van der Waals surface area contributed by atoms with Crippen molar-refractivity contribution in [3.8, 4) is 11.5 Å². The van der Waals surface area contributed by atoms with Crippen molar-refractivity contribution >= 4 is 17.4 Å². The van der Waals surface area contributed by atoms with Crippen molar-refractivity contribution in [2.75, 3.05) is 7.11 Å². The summed E-state index contributed by atoms with van der Waals surface area (Å²) in [4.78, 5) is 27.6. The molecular formula is C30H24FNO6. The third-order valence-corrected chi connectivity index (χ3v) is 6.32. The van der Waals surface area contributed by atoms with Crippen molar-refractivity contribution in [3.63, 3.8) is 0 Å². The molecule has 3 aromatic carbocycles. The molecule has 1 aromatic heterocycles. The highest BCUT2D eigenvalue weighted by atomic mass is 19.1. The topological polar surface area (TPSA) is 89.2 Å². The van der Waals surface area contributed by atoms with Crippen LogP contribution in [0.3, 0.4) is 0 Å². The maximum atomic E-state index is 14.4. The van der Waals surface area contributed by atoms with Gasteiger partial charge >= 0.3 is 0 Å². The van der Waals surface area contributed by atoms with E-state index in [1.54, 1.807) is 36.4 Å². The molecule has 38 heavy (non-hydrogen) atoms. The van der Waals surface area contributed by atoms with E-state index < -0.39 is 29.3 Å². The number of likely N-dealkylation sites (tertiary alicyclic amines) is 1. The molecule has 1 fully saturated rings. The molecule has 1 aliphatic rings. The zero-order valence-corrected chi connectivity index (χ0v) is 20.5. The molecule has 4 aromatic rings. The van der Waals surface area contributed by atoms with E-state index in [2.05, 4.69) is 0 Å². The van der Waals surface area contributed by atoms with E-state index in [0.717, 1.165) is 11.6 Å². The first-order valence-electron chi connectivity index (χ1n) is 11.9. The number of methoxy groups -OCH3 is 1. The molecule has 2 heterocycles.